The van der Waals surface area contributed by atoms with Crippen LogP contribution in [0.1, 0.15) is 70.6 Å². The molecule has 1 amide bonds. The average molecular weight is 632 g/mol. The number of amides is 1. The molecule has 1 saturated carbocycles. The third kappa shape index (κ3) is 6.46. The van der Waals surface area contributed by atoms with E-state index in [-0.39, 0.29) is 30.0 Å². The van der Waals surface area contributed by atoms with Crippen molar-refractivity contribution in [2.24, 2.45) is 0 Å². The number of nitrogens with zero attached hydrogens (tertiary/aromatic N) is 3. The number of rotatable bonds is 7. The van der Waals surface area contributed by atoms with Crippen LogP contribution in [0.3, 0.4) is 0 Å². The molecule has 44 heavy (non-hydrogen) atoms. The smallest absolute Gasteiger partial charge is 0.393 e. The van der Waals surface area contributed by atoms with Crippen molar-refractivity contribution >= 4 is 36.6 Å². The first-order valence-corrected chi connectivity index (χ1v) is 16.3. The second-order valence-electron chi connectivity index (χ2n) is 11.4. The Hall–Kier alpha value is -3.51. The number of carbonyl (C=O) groups excluding carboxylic acids is 1. The molecule has 0 spiro atoms. The number of hydrogen-bond acceptors (Lipinski definition) is 9. The third-order valence-electron chi connectivity index (χ3n) is 8.24. The van der Waals surface area contributed by atoms with Crippen molar-refractivity contribution in [1.82, 2.24) is 14.9 Å². The van der Waals surface area contributed by atoms with Crippen molar-refractivity contribution in [3.05, 3.63) is 70.4 Å². The molecule has 1 saturated heterocycles. The highest BCUT2D eigenvalue weighted by molar-refractivity contribution is 7.53. The Bertz CT molecular complexity index is 1590. The summed E-state index contributed by atoms with van der Waals surface area (Å²) in [5, 5.41) is 15.7. The molecule has 6 rings (SSSR count). The zero-order valence-electron chi connectivity index (χ0n) is 24.1. The second kappa shape index (κ2) is 12.1. The minimum absolute atomic E-state index is 0.0579. The quantitative estimate of drug-likeness (QED) is 0.244. The summed E-state index contributed by atoms with van der Waals surface area (Å²) in [5.74, 6) is -0.558. The first-order chi connectivity index (χ1) is 21.0. The highest BCUT2D eigenvalue weighted by atomic mass is 31.2. The van der Waals surface area contributed by atoms with E-state index in [0.717, 1.165) is 24.0 Å². The van der Waals surface area contributed by atoms with E-state index in [4.69, 9.17) is 9.05 Å². The maximum atomic E-state index is 13.9. The summed E-state index contributed by atoms with van der Waals surface area (Å²) in [6, 6.07) is 10.1. The summed E-state index contributed by atoms with van der Waals surface area (Å²) in [5.41, 5.74) is 2.71. The summed E-state index contributed by atoms with van der Waals surface area (Å²) in [4.78, 5) is 22.9. The fourth-order valence-electron chi connectivity index (χ4n) is 5.97. The molecular weight excluding hydrogens is 598 g/mol. The largest absolute Gasteiger partial charge is 0.421 e. The van der Waals surface area contributed by atoms with Gasteiger partial charge in [0.1, 0.15) is 11.4 Å². The molecule has 2 fully saturated rings. The first kappa shape index (κ1) is 30.5. The maximum Gasteiger partial charge on any atom is 0.421 e. The van der Waals surface area contributed by atoms with Crippen molar-refractivity contribution in [3.8, 4) is 0 Å². The van der Waals surface area contributed by atoms with Gasteiger partial charge in [0.05, 0.1) is 36.7 Å². The van der Waals surface area contributed by atoms with E-state index in [1.54, 1.807) is 42.3 Å². The highest BCUT2D eigenvalue weighted by Crippen LogP contribution is 2.53. The van der Waals surface area contributed by atoms with Gasteiger partial charge in [-0.15, -0.1) is 0 Å². The maximum absolute atomic E-state index is 13.9. The number of carbonyl (C=O) groups is 1. The number of benzene rings is 2. The minimum atomic E-state index is -4.73. The zero-order valence-corrected chi connectivity index (χ0v) is 25.0. The molecule has 0 bridgehead atoms. The normalized spacial score (nSPS) is 21.7. The van der Waals surface area contributed by atoms with Gasteiger partial charge in [0.15, 0.2) is 0 Å². The van der Waals surface area contributed by atoms with Gasteiger partial charge in [-0.2, -0.15) is 18.2 Å². The number of anilines is 4. The van der Waals surface area contributed by atoms with Crippen molar-refractivity contribution in [3.63, 3.8) is 0 Å². The van der Waals surface area contributed by atoms with Crippen LogP contribution >= 0.6 is 7.60 Å². The van der Waals surface area contributed by atoms with Crippen LogP contribution in [-0.2, 0) is 32.5 Å². The number of aliphatic hydroxyl groups is 1. The number of aromatic nitrogens is 2. The van der Waals surface area contributed by atoms with E-state index in [0.29, 0.717) is 67.7 Å². The van der Waals surface area contributed by atoms with Crippen molar-refractivity contribution in [2.75, 3.05) is 30.9 Å². The van der Waals surface area contributed by atoms with Gasteiger partial charge in [-0.1, -0.05) is 18.2 Å². The van der Waals surface area contributed by atoms with Crippen molar-refractivity contribution < 1.29 is 36.7 Å². The number of fused-ring (bicyclic) bond motifs is 1. The van der Waals surface area contributed by atoms with Crippen LogP contribution in [0.4, 0.5) is 36.3 Å². The lowest BCUT2D eigenvalue weighted by Crippen LogP contribution is -2.18. The number of hydrogen-bond donors (Lipinski definition) is 3. The molecule has 3 heterocycles. The van der Waals surface area contributed by atoms with Crippen LogP contribution < -0.4 is 10.6 Å². The lowest BCUT2D eigenvalue weighted by molar-refractivity contribution is -0.137. The molecule has 3 aromatic rings. The van der Waals surface area contributed by atoms with Gasteiger partial charge in [0.25, 0.3) is 5.91 Å². The Kier molecular flexibility index (Phi) is 8.40. The van der Waals surface area contributed by atoms with E-state index in [1.165, 1.54) is 0 Å². The summed E-state index contributed by atoms with van der Waals surface area (Å²) in [7, 11) is -1.55. The van der Waals surface area contributed by atoms with Gasteiger partial charge in [-0.05, 0) is 72.9 Å². The average Bonchev–Trinajstić information content (AvgIpc) is 3.28. The number of nitrogens with one attached hydrogen (secondary N) is 2. The molecule has 1 aromatic heterocycles. The van der Waals surface area contributed by atoms with Crippen molar-refractivity contribution in [1.29, 1.82) is 0 Å². The van der Waals surface area contributed by atoms with Gasteiger partial charge in [0.2, 0.25) is 5.95 Å². The molecular formula is C30H33F3N5O5P. The van der Waals surface area contributed by atoms with E-state index in [1.807, 2.05) is 6.07 Å². The van der Waals surface area contributed by atoms with E-state index < -0.39 is 25.2 Å². The Morgan fingerprint density at radius 3 is 2.43 bits per heavy atom. The van der Waals surface area contributed by atoms with Crippen LogP contribution in [0.15, 0.2) is 42.6 Å². The Labute approximate surface area is 252 Å². The predicted molar refractivity (Wildman–Crippen MR) is 157 cm³/mol. The van der Waals surface area contributed by atoms with E-state index in [9.17, 15) is 27.6 Å². The van der Waals surface area contributed by atoms with E-state index >= 15 is 0 Å². The topological polar surface area (TPSA) is 126 Å². The molecule has 3 aliphatic rings. The van der Waals surface area contributed by atoms with Gasteiger partial charge >= 0.3 is 13.8 Å². The molecule has 234 valence electrons. The summed E-state index contributed by atoms with van der Waals surface area (Å²) >= 11 is 0. The molecule has 3 N–H and O–H groups in total. The van der Waals surface area contributed by atoms with Crippen LogP contribution in [0.2, 0.25) is 0 Å². The number of aliphatic hydroxyl groups excluding tert-OH is 1. The Balaban J connectivity index is 1.26. The van der Waals surface area contributed by atoms with Crippen molar-refractivity contribution in [2.45, 2.75) is 63.0 Å². The molecule has 10 nitrogen and oxygen atoms in total. The van der Waals surface area contributed by atoms with Crippen LogP contribution in [0.25, 0.3) is 0 Å². The minimum Gasteiger partial charge on any atom is -0.393 e. The van der Waals surface area contributed by atoms with Gasteiger partial charge in [0, 0.05) is 25.5 Å². The standard InChI is InChI=1S/C30H33F3N5O5P/c1-38-16-23-22(19-5-9-21(39)10-6-19)11-12-25(26(23)28(38)40)36-29-34-15-24(30(31,32)33)27(37-29)35-20-7-3-18(4-8-20)17-44(41)42-13-2-14-43-44/h3-4,7-8,11-12,15,19,21,39H,2,5-6,9-10,13-14,16-17H2,1H3,(H2,34,35,36,37). The van der Waals surface area contributed by atoms with E-state index in [2.05, 4.69) is 20.6 Å². The fraction of sp³-hybridized carbons (Fsp3) is 0.433. The summed E-state index contributed by atoms with van der Waals surface area (Å²) < 4.78 is 65.1. The van der Waals surface area contributed by atoms with Crippen LogP contribution in [0, 0.1) is 0 Å². The molecule has 2 aliphatic heterocycles. The van der Waals surface area contributed by atoms with Gasteiger partial charge < -0.3 is 29.7 Å². The SMILES string of the molecule is CN1Cc2c(C3CCC(O)CC3)ccc(Nc3ncc(C(F)(F)F)c(Nc4ccc(CP5(=O)OCCCO5)cc4)n3)c2C1=O. The lowest BCUT2D eigenvalue weighted by atomic mass is 9.80. The summed E-state index contributed by atoms with van der Waals surface area (Å²) in [6.45, 7) is 1.12. The molecule has 14 heteroatoms. The summed E-state index contributed by atoms with van der Waals surface area (Å²) in [6.07, 6.45) is -0.584. The zero-order chi connectivity index (χ0) is 31.1. The Morgan fingerprint density at radius 1 is 1.05 bits per heavy atom. The monoisotopic (exact) mass is 631 g/mol. The number of alkyl halides is 3. The van der Waals surface area contributed by atoms with Gasteiger partial charge in [-0.25, -0.2) is 4.98 Å². The fourth-order valence-corrected chi connectivity index (χ4v) is 7.70. The predicted octanol–water partition coefficient (Wildman–Crippen LogP) is 6.72. The molecule has 0 unspecified atom stereocenters. The molecule has 2 aromatic carbocycles. The molecule has 1 aliphatic carbocycles. The third-order valence-corrected chi connectivity index (χ3v) is 10.1. The highest BCUT2D eigenvalue weighted by Gasteiger charge is 2.37. The molecule has 0 atom stereocenters. The molecule has 0 radical (unpaired) electrons. The first-order valence-electron chi connectivity index (χ1n) is 14.5. The number of halogens is 3. The Morgan fingerprint density at radius 2 is 1.75 bits per heavy atom. The van der Waals surface area contributed by atoms with Crippen LogP contribution in [-0.4, -0.2) is 52.2 Å². The second-order valence-corrected chi connectivity index (χ2v) is 13.5. The van der Waals surface area contributed by atoms with Gasteiger partial charge in [-0.3, -0.25) is 9.36 Å². The lowest BCUT2D eigenvalue weighted by Gasteiger charge is -2.27. The van der Waals surface area contributed by atoms with Crippen LogP contribution in [0.5, 0.6) is 0 Å².